The Bertz CT molecular complexity index is 397. The largest absolute Gasteiger partial charge is 0.444 e. The van der Waals surface area contributed by atoms with E-state index in [0.29, 0.717) is 0 Å². The molecule has 0 aromatic heterocycles. The maximum Gasteiger partial charge on any atom is 0.410 e. The van der Waals surface area contributed by atoms with E-state index in [2.05, 4.69) is 0 Å². The molecule has 0 radical (unpaired) electrons. The van der Waals surface area contributed by atoms with Gasteiger partial charge in [-0.05, 0) is 57.9 Å². The van der Waals surface area contributed by atoms with Gasteiger partial charge in [-0.2, -0.15) is 0 Å². The Morgan fingerprint density at radius 3 is 1.80 bits per heavy atom. The molecule has 1 aliphatic heterocycles. The van der Waals surface area contributed by atoms with E-state index in [1.165, 1.54) is 0 Å². The summed E-state index contributed by atoms with van der Waals surface area (Å²) < 4.78 is 5.21. The molecule has 5 heteroatoms. The van der Waals surface area contributed by atoms with Gasteiger partial charge in [0.25, 0.3) is 0 Å². The zero-order valence-corrected chi connectivity index (χ0v) is 12.6. The highest BCUT2D eigenvalue weighted by Crippen LogP contribution is 2.14. The maximum absolute atomic E-state index is 11.4. The molecule has 1 fully saturated rings. The number of nitrogen functional groups attached to an aromatic ring is 2. The molecule has 0 saturated carbocycles. The lowest BCUT2D eigenvalue weighted by Crippen LogP contribution is -2.34. The van der Waals surface area contributed by atoms with Crippen molar-refractivity contribution in [1.82, 2.24) is 4.90 Å². The minimum absolute atomic E-state index is 0.167. The number of carbonyl (C=O) groups excluding carboxylic acids is 1. The summed E-state index contributed by atoms with van der Waals surface area (Å²) in [5.41, 5.74) is 11.9. The number of anilines is 2. The van der Waals surface area contributed by atoms with E-state index in [1.54, 1.807) is 29.2 Å². The van der Waals surface area contributed by atoms with Crippen LogP contribution in [0.15, 0.2) is 24.3 Å². The predicted molar refractivity (Wildman–Crippen MR) is 82.3 cm³/mol. The van der Waals surface area contributed by atoms with Gasteiger partial charge >= 0.3 is 6.09 Å². The Hall–Kier alpha value is -1.91. The topological polar surface area (TPSA) is 81.6 Å². The Morgan fingerprint density at radius 2 is 1.45 bits per heavy atom. The van der Waals surface area contributed by atoms with Crippen LogP contribution in [0.5, 0.6) is 0 Å². The summed E-state index contributed by atoms with van der Waals surface area (Å²) >= 11 is 0. The van der Waals surface area contributed by atoms with E-state index in [0.717, 1.165) is 37.3 Å². The number of nitrogens with two attached hydrogens (primary N) is 2. The third kappa shape index (κ3) is 6.31. The molecule has 4 N–H and O–H groups in total. The maximum atomic E-state index is 11.4. The third-order valence-electron chi connectivity index (χ3n) is 2.69. The van der Waals surface area contributed by atoms with Crippen molar-refractivity contribution in [2.75, 3.05) is 24.6 Å². The lowest BCUT2D eigenvalue weighted by atomic mass is 10.2. The average Bonchev–Trinajstić information content (AvgIpc) is 2.85. The van der Waals surface area contributed by atoms with E-state index in [1.807, 2.05) is 20.8 Å². The molecule has 1 aliphatic rings. The van der Waals surface area contributed by atoms with Crippen molar-refractivity contribution >= 4 is 17.5 Å². The Kier molecular flexibility index (Phi) is 5.67. The Labute approximate surface area is 120 Å². The van der Waals surface area contributed by atoms with Crippen molar-refractivity contribution in [3.63, 3.8) is 0 Å². The Balaban J connectivity index is 0.000000217. The number of ether oxygens (including phenoxy) is 1. The normalized spacial score (nSPS) is 14.4. The second kappa shape index (κ2) is 7.03. The summed E-state index contributed by atoms with van der Waals surface area (Å²) in [6.07, 6.45) is 2.05. The molecule has 0 atom stereocenters. The molecule has 2 rings (SSSR count). The number of rotatable bonds is 0. The van der Waals surface area contributed by atoms with Crippen LogP contribution < -0.4 is 11.5 Å². The van der Waals surface area contributed by atoms with Gasteiger partial charge in [0.05, 0.1) is 0 Å². The third-order valence-corrected chi connectivity index (χ3v) is 2.69. The van der Waals surface area contributed by atoms with Crippen molar-refractivity contribution in [2.45, 2.75) is 39.2 Å². The van der Waals surface area contributed by atoms with Crippen LogP contribution in [0, 0.1) is 0 Å². The molecular formula is C15H25N3O2. The second-order valence-electron chi connectivity index (χ2n) is 5.84. The summed E-state index contributed by atoms with van der Waals surface area (Å²) in [4.78, 5) is 13.1. The monoisotopic (exact) mass is 279 g/mol. The van der Waals surface area contributed by atoms with Gasteiger partial charge in [0.15, 0.2) is 0 Å². The molecule has 0 aliphatic carbocycles. The summed E-state index contributed by atoms with van der Waals surface area (Å²) in [5, 5.41) is 0. The van der Waals surface area contributed by atoms with Gasteiger partial charge in [0.2, 0.25) is 0 Å². The van der Waals surface area contributed by atoms with Crippen molar-refractivity contribution in [2.24, 2.45) is 0 Å². The summed E-state index contributed by atoms with van der Waals surface area (Å²) in [7, 11) is 0. The smallest absolute Gasteiger partial charge is 0.410 e. The number of hydrogen-bond acceptors (Lipinski definition) is 4. The van der Waals surface area contributed by atoms with Gasteiger partial charge in [0.1, 0.15) is 5.60 Å². The fourth-order valence-corrected chi connectivity index (χ4v) is 1.72. The number of likely N-dealkylation sites (tertiary alicyclic amines) is 1. The molecule has 1 heterocycles. The number of amides is 1. The first-order valence-corrected chi connectivity index (χ1v) is 6.87. The van der Waals surface area contributed by atoms with Crippen LogP contribution in [0.1, 0.15) is 33.6 Å². The molecule has 0 spiro atoms. The lowest BCUT2D eigenvalue weighted by Gasteiger charge is -2.23. The highest BCUT2D eigenvalue weighted by atomic mass is 16.6. The van der Waals surface area contributed by atoms with E-state index >= 15 is 0 Å². The second-order valence-corrected chi connectivity index (χ2v) is 5.84. The molecule has 20 heavy (non-hydrogen) atoms. The van der Waals surface area contributed by atoms with Crippen LogP contribution in [0.3, 0.4) is 0 Å². The van der Waals surface area contributed by atoms with Crippen molar-refractivity contribution in [1.29, 1.82) is 0 Å². The fraction of sp³-hybridized carbons (Fsp3) is 0.533. The van der Waals surface area contributed by atoms with Crippen LogP contribution in [0.2, 0.25) is 0 Å². The molecule has 5 nitrogen and oxygen atoms in total. The SMILES string of the molecule is CC(C)(C)OC(=O)N1CCCC1.Nc1ccc(N)cc1. The fourth-order valence-electron chi connectivity index (χ4n) is 1.72. The molecule has 0 unspecified atom stereocenters. The minimum Gasteiger partial charge on any atom is -0.444 e. The highest BCUT2D eigenvalue weighted by Gasteiger charge is 2.23. The standard InChI is InChI=1S/C9H17NO2.C6H8N2/c1-9(2,3)12-8(11)10-6-4-5-7-10;7-5-1-2-6(8)4-3-5/h4-7H2,1-3H3;1-4H,7-8H2. The molecule has 112 valence electrons. The van der Waals surface area contributed by atoms with E-state index in [-0.39, 0.29) is 11.7 Å². The summed E-state index contributed by atoms with van der Waals surface area (Å²) in [6.45, 7) is 7.38. The van der Waals surface area contributed by atoms with Crippen LogP contribution in [0.25, 0.3) is 0 Å². The first kappa shape index (κ1) is 16.1. The lowest BCUT2D eigenvalue weighted by molar-refractivity contribution is 0.0295. The number of hydrogen-bond donors (Lipinski definition) is 2. The van der Waals surface area contributed by atoms with E-state index < -0.39 is 0 Å². The first-order chi connectivity index (χ1) is 9.28. The van der Waals surface area contributed by atoms with Gasteiger partial charge in [0, 0.05) is 24.5 Å². The molecule has 1 aromatic rings. The average molecular weight is 279 g/mol. The zero-order chi connectivity index (χ0) is 15.2. The number of carbonyl (C=O) groups is 1. The minimum atomic E-state index is -0.361. The van der Waals surface area contributed by atoms with Crippen LogP contribution in [-0.2, 0) is 4.74 Å². The van der Waals surface area contributed by atoms with Crippen molar-refractivity contribution in [3.05, 3.63) is 24.3 Å². The van der Waals surface area contributed by atoms with Gasteiger partial charge in [-0.3, -0.25) is 0 Å². The Morgan fingerprint density at radius 1 is 1.05 bits per heavy atom. The first-order valence-electron chi connectivity index (χ1n) is 6.87. The van der Waals surface area contributed by atoms with Gasteiger partial charge in [-0.25, -0.2) is 4.79 Å². The quantitative estimate of drug-likeness (QED) is 0.715. The van der Waals surface area contributed by atoms with Crippen molar-refractivity contribution < 1.29 is 9.53 Å². The molecule has 1 aromatic carbocycles. The van der Waals surface area contributed by atoms with Gasteiger partial charge in [-0.1, -0.05) is 0 Å². The van der Waals surface area contributed by atoms with Crippen molar-refractivity contribution in [3.8, 4) is 0 Å². The molecule has 1 saturated heterocycles. The molecule has 1 amide bonds. The summed E-state index contributed by atoms with van der Waals surface area (Å²) in [5.74, 6) is 0. The molecular weight excluding hydrogens is 254 g/mol. The van der Waals surface area contributed by atoms with Crippen LogP contribution >= 0.6 is 0 Å². The van der Waals surface area contributed by atoms with Gasteiger partial charge < -0.3 is 21.1 Å². The van der Waals surface area contributed by atoms with Gasteiger partial charge in [-0.15, -0.1) is 0 Å². The highest BCUT2D eigenvalue weighted by molar-refractivity contribution is 5.68. The molecule has 0 bridgehead atoms. The van der Waals surface area contributed by atoms with E-state index in [4.69, 9.17) is 16.2 Å². The summed E-state index contributed by atoms with van der Waals surface area (Å²) in [6, 6.07) is 7.09. The van der Waals surface area contributed by atoms with Crippen LogP contribution in [0.4, 0.5) is 16.2 Å². The van der Waals surface area contributed by atoms with Crippen LogP contribution in [-0.4, -0.2) is 29.7 Å². The number of benzene rings is 1. The predicted octanol–water partition coefficient (Wildman–Crippen LogP) is 2.87. The number of nitrogens with zero attached hydrogens (tertiary/aromatic N) is 1. The zero-order valence-electron chi connectivity index (χ0n) is 12.6. The van der Waals surface area contributed by atoms with E-state index in [9.17, 15) is 4.79 Å².